The number of nitrogens with zero attached hydrogens (tertiary/aromatic N) is 2. The Hall–Kier alpha value is -2.94. The monoisotopic (exact) mass is 376 g/mol. The summed E-state index contributed by atoms with van der Waals surface area (Å²) in [6.45, 7) is 2.35. The highest BCUT2D eigenvalue weighted by Gasteiger charge is 2.35. The van der Waals surface area contributed by atoms with Crippen LogP contribution < -0.4 is 24.0 Å². The van der Waals surface area contributed by atoms with Crippen molar-refractivity contribution in [3.8, 4) is 5.75 Å². The number of urea groups is 1. The van der Waals surface area contributed by atoms with E-state index >= 15 is 0 Å². The normalized spacial score (nSPS) is 14.7. The van der Waals surface area contributed by atoms with Crippen molar-refractivity contribution >= 4 is 39.0 Å². The van der Waals surface area contributed by atoms with E-state index in [0.717, 1.165) is 0 Å². The molecule has 2 aromatic carbocycles. The SMILES string of the molecule is CCOc1ccccc1NC(=O)Nc1ccc2c(c1)N(C)S(=O)(=O)N2C. The molecule has 0 radical (unpaired) electrons. The Labute approximate surface area is 152 Å². The van der Waals surface area contributed by atoms with E-state index in [4.69, 9.17) is 4.74 Å². The van der Waals surface area contributed by atoms with Gasteiger partial charge in [-0.1, -0.05) is 12.1 Å². The summed E-state index contributed by atoms with van der Waals surface area (Å²) in [5, 5.41) is 5.44. The molecule has 26 heavy (non-hydrogen) atoms. The van der Waals surface area contributed by atoms with E-state index in [9.17, 15) is 13.2 Å². The molecule has 138 valence electrons. The molecule has 3 rings (SSSR count). The molecule has 2 amide bonds. The van der Waals surface area contributed by atoms with Crippen LogP contribution in [0.2, 0.25) is 0 Å². The van der Waals surface area contributed by atoms with Gasteiger partial charge in [0.25, 0.3) is 0 Å². The summed E-state index contributed by atoms with van der Waals surface area (Å²) >= 11 is 0. The number of ether oxygens (including phenoxy) is 1. The van der Waals surface area contributed by atoms with Gasteiger partial charge in [-0.15, -0.1) is 0 Å². The van der Waals surface area contributed by atoms with E-state index in [1.807, 2.05) is 13.0 Å². The molecule has 0 saturated carbocycles. The van der Waals surface area contributed by atoms with E-state index in [1.54, 1.807) is 36.4 Å². The minimum Gasteiger partial charge on any atom is -0.492 e. The smallest absolute Gasteiger partial charge is 0.326 e. The van der Waals surface area contributed by atoms with Crippen molar-refractivity contribution in [3.63, 3.8) is 0 Å². The van der Waals surface area contributed by atoms with Gasteiger partial charge in [0.2, 0.25) is 0 Å². The van der Waals surface area contributed by atoms with Crippen LogP contribution in [-0.2, 0) is 10.2 Å². The minimum absolute atomic E-state index is 0.450. The molecule has 9 heteroatoms. The van der Waals surface area contributed by atoms with Crippen molar-refractivity contribution in [1.29, 1.82) is 0 Å². The van der Waals surface area contributed by atoms with Crippen LogP contribution in [0.3, 0.4) is 0 Å². The van der Waals surface area contributed by atoms with Gasteiger partial charge >= 0.3 is 16.2 Å². The minimum atomic E-state index is -3.55. The molecule has 8 nitrogen and oxygen atoms in total. The Morgan fingerprint density at radius 1 is 1.04 bits per heavy atom. The van der Waals surface area contributed by atoms with Crippen LogP contribution in [0.15, 0.2) is 42.5 Å². The third-order valence-electron chi connectivity index (χ3n) is 4.04. The lowest BCUT2D eigenvalue weighted by Gasteiger charge is -2.13. The predicted octanol–water partition coefficient (Wildman–Crippen LogP) is 2.86. The van der Waals surface area contributed by atoms with Crippen molar-refractivity contribution in [2.45, 2.75) is 6.92 Å². The van der Waals surface area contributed by atoms with Gasteiger partial charge in [-0.3, -0.25) is 8.61 Å². The quantitative estimate of drug-likeness (QED) is 0.858. The molecule has 1 aliphatic heterocycles. The summed E-state index contributed by atoms with van der Waals surface area (Å²) in [5.41, 5.74) is 2.08. The van der Waals surface area contributed by atoms with E-state index in [0.29, 0.717) is 35.1 Å². The van der Waals surface area contributed by atoms with Crippen molar-refractivity contribution in [1.82, 2.24) is 0 Å². The summed E-state index contributed by atoms with van der Waals surface area (Å²) in [7, 11) is -0.586. The molecule has 1 aliphatic rings. The maximum Gasteiger partial charge on any atom is 0.326 e. The molecule has 1 heterocycles. The third kappa shape index (κ3) is 3.13. The molecular formula is C17H20N4O4S. The topological polar surface area (TPSA) is 91.0 Å². The fourth-order valence-corrected chi connectivity index (χ4v) is 3.85. The summed E-state index contributed by atoms with van der Waals surface area (Å²) in [6, 6.07) is 11.6. The van der Waals surface area contributed by atoms with Crippen LogP contribution in [0.4, 0.5) is 27.5 Å². The van der Waals surface area contributed by atoms with Gasteiger partial charge in [0.1, 0.15) is 5.75 Å². The van der Waals surface area contributed by atoms with Crippen molar-refractivity contribution in [2.24, 2.45) is 0 Å². The van der Waals surface area contributed by atoms with Crippen molar-refractivity contribution < 1.29 is 17.9 Å². The van der Waals surface area contributed by atoms with Crippen molar-refractivity contribution in [2.75, 3.05) is 39.9 Å². The highest BCUT2D eigenvalue weighted by molar-refractivity contribution is 7.94. The average Bonchev–Trinajstić information content (AvgIpc) is 2.77. The Balaban J connectivity index is 1.77. The van der Waals surface area contributed by atoms with Crippen LogP contribution in [0.5, 0.6) is 5.75 Å². The van der Waals surface area contributed by atoms with E-state index in [2.05, 4.69) is 10.6 Å². The summed E-state index contributed by atoms with van der Waals surface area (Å²) in [4.78, 5) is 12.3. The zero-order valence-corrected chi connectivity index (χ0v) is 15.5. The van der Waals surface area contributed by atoms with Gasteiger partial charge in [-0.05, 0) is 37.3 Å². The zero-order valence-electron chi connectivity index (χ0n) is 14.7. The summed E-state index contributed by atoms with van der Waals surface area (Å²) in [5.74, 6) is 0.576. The fourth-order valence-electron chi connectivity index (χ4n) is 2.69. The lowest BCUT2D eigenvalue weighted by atomic mass is 10.2. The molecular weight excluding hydrogens is 356 g/mol. The molecule has 0 saturated heterocycles. The molecule has 2 N–H and O–H groups in total. The number of rotatable bonds is 4. The van der Waals surface area contributed by atoms with Gasteiger partial charge in [-0.2, -0.15) is 8.42 Å². The van der Waals surface area contributed by atoms with E-state index in [1.165, 1.54) is 22.7 Å². The Morgan fingerprint density at radius 2 is 1.73 bits per heavy atom. The van der Waals surface area contributed by atoms with Crippen LogP contribution in [0, 0.1) is 0 Å². The molecule has 0 aliphatic carbocycles. The first-order valence-electron chi connectivity index (χ1n) is 8.01. The number of para-hydroxylation sites is 2. The highest BCUT2D eigenvalue weighted by Crippen LogP contribution is 2.40. The number of carbonyl (C=O) groups excluding carboxylic acids is 1. The van der Waals surface area contributed by atoms with E-state index < -0.39 is 16.2 Å². The van der Waals surface area contributed by atoms with E-state index in [-0.39, 0.29) is 0 Å². The molecule has 0 spiro atoms. The van der Waals surface area contributed by atoms with Crippen LogP contribution >= 0.6 is 0 Å². The number of carbonyl (C=O) groups is 1. The van der Waals surface area contributed by atoms with Gasteiger partial charge in [0.05, 0.1) is 23.7 Å². The Kier molecular flexibility index (Phi) is 4.64. The summed E-state index contributed by atoms with van der Waals surface area (Å²) < 4.78 is 32.2. The van der Waals surface area contributed by atoms with Crippen molar-refractivity contribution in [3.05, 3.63) is 42.5 Å². The van der Waals surface area contributed by atoms with Crippen LogP contribution in [0.25, 0.3) is 0 Å². The Morgan fingerprint density at radius 3 is 2.46 bits per heavy atom. The van der Waals surface area contributed by atoms with Gasteiger partial charge in [-0.25, -0.2) is 4.79 Å². The maximum absolute atomic E-state index is 12.3. The highest BCUT2D eigenvalue weighted by atomic mass is 32.2. The maximum atomic E-state index is 12.3. The Bertz CT molecular complexity index is 946. The van der Waals surface area contributed by atoms with Gasteiger partial charge < -0.3 is 15.4 Å². The number of amides is 2. The first-order valence-corrected chi connectivity index (χ1v) is 9.41. The zero-order chi connectivity index (χ0) is 18.9. The molecule has 0 bridgehead atoms. The number of hydrogen-bond acceptors (Lipinski definition) is 4. The molecule has 0 atom stereocenters. The summed E-state index contributed by atoms with van der Waals surface area (Å²) in [6.07, 6.45) is 0. The average molecular weight is 376 g/mol. The number of nitrogens with one attached hydrogen (secondary N) is 2. The molecule has 2 aromatic rings. The first kappa shape index (κ1) is 17.9. The van der Waals surface area contributed by atoms with Gasteiger partial charge in [0, 0.05) is 19.8 Å². The lowest BCUT2D eigenvalue weighted by Crippen LogP contribution is -2.32. The largest absolute Gasteiger partial charge is 0.492 e. The second kappa shape index (κ2) is 6.75. The molecule has 0 unspecified atom stereocenters. The lowest BCUT2D eigenvalue weighted by molar-refractivity contribution is 0.262. The first-order chi connectivity index (χ1) is 12.3. The number of anilines is 4. The number of benzene rings is 2. The van der Waals surface area contributed by atoms with Crippen LogP contribution in [-0.4, -0.2) is 35.2 Å². The fraction of sp³-hybridized carbons (Fsp3) is 0.235. The number of fused-ring (bicyclic) bond motifs is 1. The molecule has 0 fully saturated rings. The second-order valence-corrected chi connectivity index (χ2v) is 7.65. The predicted molar refractivity (Wildman–Crippen MR) is 102 cm³/mol. The van der Waals surface area contributed by atoms with Gasteiger partial charge in [0.15, 0.2) is 0 Å². The molecule has 0 aromatic heterocycles. The second-order valence-electron chi connectivity index (χ2n) is 5.65. The number of hydrogen-bond donors (Lipinski definition) is 2. The third-order valence-corrected chi connectivity index (χ3v) is 5.82. The standard InChI is InChI=1S/C17H20N4O4S/c1-4-25-16-8-6-5-7-13(16)19-17(22)18-12-9-10-14-15(11-12)21(3)26(23,24)20(14)2/h5-11H,4H2,1-3H3,(H2,18,19,22). The van der Waals surface area contributed by atoms with Crippen LogP contribution in [0.1, 0.15) is 6.92 Å².